The Kier molecular flexibility index (Phi) is 7.91. The van der Waals surface area contributed by atoms with Crippen LogP contribution in [0.2, 0.25) is 0 Å². The molecule has 0 heterocycles. The van der Waals surface area contributed by atoms with Crippen LogP contribution < -0.4 is 14.8 Å². The Morgan fingerprint density at radius 2 is 1.79 bits per heavy atom. The number of carbonyl (C=O) groups excluding carboxylic acids is 1. The van der Waals surface area contributed by atoms with E-state index < -0.39 is 18.3 Å². The molecule has 0 aliphatic carbocycles. The van der Waals surface area contributed by atoms with Crippen LogP contribution in [0.15, 0.2) is 42.5 Å². The zero-order valence-electron chi connectivity index (χ0n) is 16.0. The topological polar surface area (TPSA) is 106 Å². The van der Waals surface area contributed by atoms with Gasteiger partial charge in [0.1, 0.15) is 11.9 Å². The molecule has 0 aliphatic rings. The second-order valence-corrected chi connectivity index (χ2v) is 5.90. The zero-order valence-corrected chi connectivity index (χ0v) is 16.0. The van der Waals surface area contributed by atoms with Crippen LogP contribution in [0.1, 0.15) is 18.1 Å². The molecule has 0 saturated heterocycles. The Bertz CT molecular complexity index is 764. The van der Waals surface area contributed by atoms with Crippen LogP contribution in [0.3, 0.4) is 0 Å². The van der Waals surface area contributed by atoms with Gasteiger partial charge in [-0.1, -0.05) is 6.07 Å². The summed E-state index contributed by atoms with van der Waals surface area (Å²) in [5.74, 6) is 0.859. The third-order valence-corrected chi connectivity index (χ3v) is 4.16. The third-order valence-electron chi connectivity index (χ3n) is 4.16. The zero-order chi connectivity index (χ0) is 20.5. The van der Waals surface area contributed by atoms with Crippen LogP contribution in [-0.2, 0) is 9.47 Å². The first kappa shape index (κ1) is 21.3. The van der Waals surface area contributed by atoms with Gasteiger partial charge in [-0.3, -0.25) is 5.32 Å². The summed E-state index contributed by atoms with van der Waals surface area (Å²) in [6.45, 7) is -0.152. The number of aromatic hydroxyl groups is 1. The Labute approximate surface area is 163 Å². The number of nitrogens with one attached hydrogen (secondary N) is 1. The van der Waals surface area contributed by atoms with Crippen molar-refractivity contribution in [3.63, 3.8) is 0 Å². The number of aliphatic hydroxyl groups is 1. The Morgan fingerprint density at radius 3 is 2.32 bits per heavy atom. The van der Waals surface area contributed by atoms with Crippen LogP contribution in [0.4, 0.5) is 10.5 Å². The Morgan fingerprint density at radius 1 is 1.07 bits per heavy atom. The molecule has 1 amide bonds. The van der Waals surface area contributed by atoms with E-state index >= 15 is 0 Å². The summed E-state index contributed by atoms with van der Waals surface area (Å²) in [4.78, 5) is 12.4. The third kappa shape index (κ3) is 5.51. The fourth-order valence-corrected chi connectivity index (χ4v) is 2.70. The number of methoxy groups -OCH3 is 3. The van der Waals surface area contributed by atoms with Crippen molar-refractivity contribution in [2.75, 3.05) is 33.3 Å². The molecule has 3 N–H and O–H groups in total. The highest BCUT2D eigenvalue weighted by atomic mass is 16.6. The number of rotatable bonds is 9. The molecule has 2 rings (SSSR count). The molecule has 8 nitrogen and oxygen atoms in total. The molecule has 8 heteroatoms. The molecule has 0 spiro atoms. The van der Waals surface area contributed by atoms with E-state index in [0.29, 0.717) is 22.7 Å². The van der Waals surface area contributed by atoms with Gasteiger partial charge in [0, 0.05) is 25.8 Å². The SMILES string of the molecule is COc1ccc(NC(=O)O[C@@H](c2ccc(OC)c(O)c2)[C@H](CCO)OC)cc1. The van der Waals surface area contributed by atoms with Gasteiger partial charge in [-0.25, -0.2) is 4.79 Å². The van der Waals surface area contributed by atoms with Crippen molar-refractivity contribution < 1.29 is 34.0 Å². The summed E-state index contributed by atoms with van der Waals surface area (Å²) in [7, 11) is 4.45. The molecule has 0 aromatic heterocycles. The van der Waals surface area contributed by atoms with Gasteiger partial charge < -0.3 is 29.2 Å². The standard InChI is InChI=1S/C20H25NO7/c1-25-15-7-5-14(6-8-15)21-20(24)28-19(18(27-3)10-11-22)13-4-9-17(26-2)16(23)12-13/h4-9,12,18-19,22-23H,10-11H2,1-3H3,(H,21,24)/t18-,19-/m0/s1. The lowest BCUT2D eigenvalue weighted by atomic mass is 10.0. The quantitative estimate of drug-likeness (QED) is 0.603. The highest BCUT2D eigenvalue weighted by Gasteiger charge is 2.28. The Balaban J connectivity index is 2.20. The van der Waals surface area contributed by atoms with Crippen molar-refractivity contribution in [3.8, 4) is 17.2 Å². The van der Waals surface area contributed by atoms with E-state index in [2.05, 4.69) is 5.32 Å². The minimum Gasteiger partial charge on any atom is -0.504 e. The molecule has 152 valence electrons. The first-order valence-corrected chi connectivity index (χ1v) is 8.64. The van der Waals surface area contributed by atoms with Gasteiger partial charge in [0.05, 0.1) is 14.2 Å². The molecule has 0 unspecified atom stereocenters. The average molecular weight is 391 g/mol. The minimum absolute atomic E-state index is 0.0944. The maximum atomic E-state index is 12.4. The lowest BCUT2D eigenvalue weighted by Gasteiger charge is -2.26. The average Bonchev–Trinajstić information content (AvgIpc) is 2.71. The number of benzene rings is 2. The van der Waals surface area contributed by atoms with Crippen molar-refractivity contribution >= 4 is 11.8 Å². The van der Waals surface area contributed by atoms with E-state index in [1.54, 1.807) is 43.5 Å². The predicted molar refractivity (Wildman–Crippen MR) is 103 cm³/mol. The number of aliphatic hydroxyl groups excluding tert-OH is 1. The van der Waals surface area contributed by atoms with Crippen LogP contribution >= 0.6 is 0 Å². The summed E-state index contributed by atoms with van der Waals surface area (Å²) >= 11 is 0. The molecular formula is C20H25NO7. The first-order valence-electron chi connectivity index (χ1n) is 8.64. The van der Waals surface area contributed by atoms with Gasteiger partial charge in [0.25, 0.3) is 0 Å². The molecule has 2 aromatic carbocycles. The second kappa shape index (κ2) is 10.4. The molecule has 0 bridgehead atoms. The van der Waals surface area contributed by atoms with E-state index in [1.807, 2.05) is 0 Å². The second-order valence-electron chi connectivity index (χ2n) is 5.90. The van der Waals surface area contributed by atoms with E-state index in [1.165, 1.54) is 20.3 Å². The summed E-state index contributed by atoms with van der Waals surface area (Å²) < 4.78 is 21.1. The number of phenols is 1. The number of phenolic OH excluding ortho intramolecular Hbond substituents is 1. The maximum absolute atomic E-state index is 12.4. The lowest BCUT2D eigenvalue weighted by molar-refractivity contribution is -0.0306. The molecule has 0 radical (unpaired) electrons. The van der Waals surface area contributed by atoms with Crippen molar-refractivity contribution in [2.24, 2.45) is 0 Å². The van der Waals surface area contributed by atoms with Gasteiger partial charge in [-0.15, -0.1) is 0 Å². The summed E-state index contributed by atoms with van der Waals surface area (Å²) in [6.07, 6.45) is -1.93. The van der Waals surface area contributed by atoms with Gasteiger partial charge in [-0.05, 0) is 42.0 Å². The molecule has 0 saturated carbocycles. The highest BCUT2D eigenvalue weighted by Crippen LogP contribution is 2.33. The molecule has 0 fully saturated rings. The fraction of sp³-hybridized carbons (Fsp3) is 0.350. The molecule has 2 atom stereocenters. The molecule has 2 aromatic rings. The van der Waals surface area contributed by atoms with Crippen molar-refractivity contribution in [3.05, 3.63) is 48.0 Å². The minimum atomic E-state index is -0.854. The van der Waals surface area contributed by atoms with Crippen molar-refractivity contribution in [1.29, 1.82) is 0 Å². The van der Waals surface area contributed by atoms with Crippen LogP contribution in [-0.4, -0.2) is 50.3 Å². The highest BCUT2D eigenvalue weighted by molar-refractivity contribution is 5.84. The van der Waals surface area contributed by atoms with Crippen molar-refractivity contribution in [2.45, 2.75) is 18.6 Å². The van der Waals surface area contributed by atoms with E-state index in [9.17, 15) is 15.0 Å². The first-order chi connectivity index (χ1) is 13.5. The van der Waals surface area contributed by atoms with Crippen molar-refractivity contribution in [1.82, 2.24) is 0 Å². The molecule has 0 aliphatic heterocycles. The Hall–Kier alpha value is -2.97. The fourth-order valence-electron chi connectivity index (χ4n) is 2.70. The van der Waals surface area contributed by atoms with Gasteiger partial charge in [-0.2, -0.15) is 0 Å². The normalized spacial score (nSPS) is 12.7. The predicted octanol–water partition coefficient (Wildman–Crippen LogP) is 3.10. The van der Waals surface area contributed by atoms with Crippen LogP contribution in [0.25, 0.3) is 0 Å². The number of amides is 1. The largest absolute Gasteiger partial charge is 0.504 e. The maximum Gasteiger partial charge on any atom is 0.412 e. The number of carbonyl (C=O) groups is 1. The van der Waals surface area contributed by atoms with E-state index in [4.69, 9.17) is 18.9 Å². The summed E-state index contributed by atoms with van der Waals surface area (Å²) in [5, 5.41) is 22.0. The smallest absolute Gasteiger partial charge is 0.412 e. The monoisotopic (exact) mass is 391 g/mol. The number of anilines is 1. The lowest BCUT2D eigenvalue weighted by Crippen LogP contribution is -2.28. The summed E-state index contributed by atoms with van der Waals surface area (Å²) in [6, 6.07) is 11.4. The van der Waals surface area contributed by atoms with Crippen LogP contribution in [0, 0.1) is 0 Å². The van der Waals surface area contributed by atoms with Gasteiger partial charge in [0.2, 0.25) is 0 Å². The summed E-state index contributed by atoms with van der Waals surface area (Å²) in [5.41, 5.74) is 1.03. The number of hydrogen-bond donors (Lipinski definition) is 3. The van der Waals surface area contributed by atoms with E-state index in [-0.39, 0.29) is 18.8 Å². The molecular weight excluding hydrogens is 366 g/mol. The van der Waals surface area contributed by atoms with Gasteiger partial charge in [0.15, 0.2) is 17.6 Å². The molecule has 28 heavy (non-hydrogen) atoms. The number of ether oxygens (including phenoxy) is 4. The van der Waals surface area contributed by atoms with Crippen LogP contribution in [0.5, 0.6) is 17.2 Å². The van der Waals surface area contributed by atoms with E-state index in [0.717, 1.165) is 0 Å². The van der Waals surface area contributed by atoms with Gasteiger partial charge >= 0.3 is 6.09 Å². The number of hydrogen-bond acceptors (Lipinski definition) is 7.